The zero-order valence-electron chi connectivity index (χ0n) is 12.0. The minimum atomic E-state index is -0.108. The van der Waals surface area contributed by atoms with E-state index < -0.39 is 0 Å². The number of anilines is 1. The number of aromatic nitrogens is 1. The van der Waals surface area contributed by atoms with Crippen molar-refractivity contribution >= 4 is 50.2 Å². The number of thiophene rings is 1. The third kappa shape index (κ3) is 3.14. The van der Waals surface area contributed by atoms with E-state index in [1.54, 1.807) is 11.3 Å². The van der Waals surface area contributed by atoms with Gasteiger partial charge in [0.2, 0.25) is 0 Å². The number of amides is 1. The Hall–Kier alpha value is -1.50. The molecule has 0 bridgehead atoms. The van der Waals surface area contributed by atoms with Gasteiger partial charge < -0.3 is 5.32 Å². The van der Waals surface area contributed by atoms with Crippen LogP contribution in [0.4, 0.5) is 5.69 Å². The first-order valence-electron chi connectivity index (χ1n) is 6.63. The summed E-state index contributed by atoms with van der Waals surface area (Å²) in [4.78, 5) is 18.8. The molecule has 0 atom stereocenters. The maximum absolute atomic E-state index is 12.5. The van der Waals surface area contributed by atoms with E-state index in [0.717, 1.165) is 31.3 Å². The molecule has 3 nitrogen and oxygen atoms in total. The molecule has 3 rings (SSSR count). The lowest BCUT2D eigenvalue weighted by Gasteiger charge is -2.07. The summed E-state index contributed by atoms with van der Waals surface area (Å²) < 4.78 is 0.997. The number of aryl methyl sites for hydroxylation is 2. The molecule has 0 unspecified atom stereocenters. The van der Waals surface area contributed by atoms with Gasteiger partial charge in [0.1, 0.15) is 9.88 Å². The molecule has 0 spiro atoms. The zero-order valence-corrected chi connectivity index (χ0v) is 15.2. The van der Waals surface area contributed by atoms with Gasteiger partial charge in [-0.15, -0.1) is 22.7 Å². The molecular formula is C16H13BrN2OS2. The number of rotatable bonds is 3. The Balaban J connectivity index is 1.86. The van der Waals surface area contributed by atoms with Gasteiger partial charge in [0.25, 0.3) is 5.91 Å². The Morgan fingerprint density at radius 1 is 1.27 bits per heavy atom. The van der Waals surface area contributed by atoms with E-state index in [1.165, 1.54) is 11.3 Å². The number of nitrogens with one attached hydrogen (secondary N) is 1. The standard InChI is InChI=1S/C16H13BrN2OS2/c1-9-8-11(17)5-6-12(9)19-15(20)14-10(2)18-16(22-14)13-4-3-7-21-13/h3-8H,1-2H3,(H,19,20). The van der Waals surface area contributed by atoms with Crippen LogP contribution in [0.25, 0.3) is 9.88 Å². The van der Waals surface area contributed by atoms with Crippen molar-refractivity contribution in [1.29, 1.82) is 0 Å². The molecule has 0 saturated heterocycles. The van der Waals surface area contributed by atoms with Gasteiger partial charge in [-0.2, -0.15) is 0 Å². The summed E-state index contributed by atoms with van der Waals surface area (Å²) in [6.07, 6.45) is 0. The van der Waals surface area contributed by atoms with E-state index in [4.69, 9.17) is 0 Å². The molecule has 1 N–H and O–H groups in total. The van der Waals surface area contributed by atoms with Crippen LogP contribution in [0.15, 0.2) is 40.2 Å². The maximum atomic E-state index is 12.5. The van der Waals surface area contributed by atoms with Crippen LogP contribution in [0.1, 0.15) is 20.9 Å². The second-order valence-electron chi connectivity index (χ2n) is 4.82. The number of halogens is 1. The van der Waals surface area contributed by atoms with E-state index in [1.807, 2.05) is 49.6 Å². The van der Waals surface area contributed by atoms with Crippen LogP contribution in [0.5, 0.6) is 0 Å². The summed E-state index contributed by atoms with van der Waals surface area (Å²) >= 11 is 6.49. The Morgan fingerprint density at radius 3 is 2.77 bits per heavy atom. The van der Waals surface area contributed by atoms with E-state index in [-0.39, 0.29) is 5.91 Å². The molecule has 0 aliphatic carbocycles. The van der Waals surface area contributed by atoms with Crippen LogP contribution < -0.4 is 5.32 Å². The van der Waals surface area contributed by atoms with Crippen molar-refractivity contribution in [2.75, 3.05) is 5.32 Å². The second kappa shape index (κ2) is 6.32. The molecule has 2 aromatic heterocycles. The fourth-order valence-electron chi connectivity index (χ4n) is 2.06. The fourth-order valence-corrected chi connectivity index (χ4v) is 4.29. The van der Waals surface area contributed by atoms with Crippen LogP contribution in [-0.2, 0) is 0 Å². The van der Waals surface area contributed by atoms with Crippen molar-refractivity contribution in [2.45, 2.75) is 13.8 Å². The smallest absolute Gasteiger partial charge is 0.267 e. The Morgan fingerprint density at radius 2 is 2.09 bits per heavy atom. The zero-order chi connectivity index (χ0) is 15.7. The normalized spacial score (nSPS) is 10.7. The van der Waals surface area contributed by atoms with Gasteiger partial charge in [-0.3, -0.25) is 4.79 Å². The van der Waals surface area contributed by atoms with Crippen molar-refractivity contribution in [1.82, 2.24) is 4.98 Å². The molecule has 0 aliphatic heterocycles. The molecule has 2 heterocycles. The second-order valence-corrected chi connectivity index (χ2v) is 7.69. The van der Waals surface area contributed by atoms with Crippen molar-refractivity contribution in [3.63, 3.8) is 0 Å². The lowest BCUT2D eigenvalue weighted by Crippen LogP contribution is -2.12. The number of carbonyl (C=O) groups is 1. The Labute approximate surface area is 145 Å². The monoisotopic (exact) mass is 392 g/mol. The van der Waals surface area contributed by atoms with Crippen molar-refractivity contribution in [3.05, 3.63) is 56.3 Å². The van der Waals surface area contributed by atoms with Crippen molar-refractivity contribution in [2.24, 2.45) is 0 Å². The lowest BCUT2D eigenvalue weighted by atomic mass is 10.2. The fraction of sp³-hybridized carbons (Fsp3) is 0.125. The number of hydrogen-bond donors (Lipinski definition) is 1. The summed E-state index contributed by atoms with van der Waals surface area (Å²) in [5.74, 6) is -0.108. The van der Waals surface area contributed by atoms with Crippen molar-refractivity contribution in [3.8, 4) is 9.88 Å². The van der Waals surface area contributed by atoms with Gasteiger partial charge in [-0.1, -0.05) is 22.0 Å². The number of nitrogens with zero attached hydrogens (tertiary/aromatic N) is 1. The first-order valence-corrected chi connectivity index (χ1v) is 9.12. The Bertz CT molecular complexity index is 825. The summed E-state index contributed by atoms with van der Waals surface area (Å²) in [6.45, 7) is 3.84. The van der Waals surface area contributed by atoms with Crippen LogP contribution >= 0.6 is 38.6 Å². The highest BCUT2D eigenvalue weighted by Gasteiger charge is 2.17. The molecule has 0 saturated carbocycles. The predicted octanol–water partition coefficient (Wildman–Crippen LogP) is 5.50. The summed E-state index contributed by atoms with van der Waals surface area (Å²) in [5.41, 5.74) is 2.60. The van der Waals surface area contributed by atoms with Gasteiger partial charge in [0.05, 0.1) is 10.6 Å². The highest BCUT2D eigenvalue weighted by Crippen LogP contribution is 2.31. The van der Waals surface area contributed by atoms with E-state index >= 15 is 0 Å². The number of thiazole rings is 1. The highest BCUT2D eigenvalue weighted by molar-refractivity contribution is 9.10. The minimum Gasteiger partial charge on any atom is -0.321 e. The summed E-state index contributed by atoms with van der Waals surface area (Å²) in [6, 6.07) is 9.80. The molecule has 1 amide bonds. The van der Waals surface area contributed by atoms with E-state index in [9.17, 15) is 4.79 Å². The van der Waals surface area contributed by atoms with Crippen LogP contribution in [0.3, 0.4) is 0 Å². The molecule has 6 heteroatoms. The van der Waals surface area contributed by atoms with Gasteiger partial charge in [0.15, 0.2) is 0 Å². The lowest BCUT2D eigenvalue weighted by molar-refractivity contribution is 0.102. The molecule has 0 radical (unpaired) electrons. The molecular weight excluding hydrogens is 380 g/mol. The molecule has 0 fully saturated rings. The number of carbonyl (C=O) groups excluding carboxylic acids is 1. The predicted molar refractivity (Wildman–Crippen MR) is 97.0 cm³/mol. The maximum Gasteiger partial charge on any atom is 0.267 e. The van der Waals surface area contributed by atoms with Crippen LogP contribution in [0.2, 0.25) is 0 Å². The largest absolute Gasteiger partial charge is 0.321 e. The average molecular weight is 393 g/mol. The van der Waals surface area contributed by atoms with Gasteiger partial charge in [-0.05, 0) is 49.1 Å². The van der Waals surface area contributed by atoms with Gasteiger partial charge in [-0.25, -0.2) is 4.98 Å². The molecule has 112 valence electrons. The number of benzene rings is 1. The highest BCUT2D eigenvalue weighted by atomic mass is 79.9. The third-order valence-electron chi connectivity index (χ3n) is 3.17. The third-order valence-corrected chi connectivity index (χ3v) is 5.86. The van der Waals surface area contributed by atoms with Crippen molar-refractivity contribution < 1.29 is 4.79 Å². The van der Waals surface area contributed by atoms with Gasteiger partial charge >= 0.3 is 0 Å². The first kappa shape index (κ1) is 15.4. The van der Waals surface area contributed by atoms with Gasteiger partial charge in [0, 0.05) is 10.2 Å². The molecule has 0 aliphatic rings. The van der Waals surface area contributed by atoms with Crippen LogP contribution in [-0.4, -0.2) is 10.9 Å². The SMILES string of the molecule is Cc1cc(Br)ccc1NC(=O)c1sc(-c2cccs2)nc1C. The topological polar surface area (TPSA) is 42.0 Å². The molecule has 22 heavy (non-hydrogen) atoms. The van der Waals surface area contributed by atoms with E-state index in [0.29, 0.717) is 4.88 Å². The average Bonchev–Trinajstić information content (AvgIpc) is 3.10. The quantitative estimate of drug-likeness (QED) is 0.638. The summed E-state index contributed by atoms with van der Waals surface area (Å²) in [7, 11) is 0. The number of hydrogen-bond acceptors (Lipinski definition) is 4. The minimum absolute atomic E-state index is 0.108. The summed E-state index contributed by atoms with van der Waals surface area (Å²) in [5, 5.41) is 5.87. The first-order chi connectivity index (χ1) is 10.5. The Kier molecular flexibility index (Phi) is 4.42. The van der Waals surface area contributed by atoms with Crippen LogP contribution in [0, 0.1) is 13.8 Å². The molecule has 3 aromatic rings. The molecule has 1 aromatic carbocycles. The van der Waals surface area contributed by atoms with E-state index in [2.05, 4.69) is 26.2 Å².